The van der Waals surface area contributed by atoms with E-state index in [4.69, 9.17) is 11.6 Å². The lowest BCUT2D eigenvalue weighted by Crippen LogP contribution is -2.10. The second-order valence-electron chi connectivity index (χ2n) is 3.55. The third-order valence-corrected chi connectivity index (χ3v) is 2.50. The van der Waals surface area contributed by atoms with Crippen LogP contribution in [0.4, 0.5) is 29.1 Å². The summed E-state index contributed by atoms with van der Waals surface area (Å²) < 4.78 is 51.0. The van der Waals surface area contributed by atoms with Gasteiger partial charge in [-0.25, -0.2) is 4.39 Å². The van der Waals surface area contributed by atoms with Crippen LogP contribution >= 0.6 is 11.6 Å². The van der Waals surface area contributed by atoms with Crippen molar-refractivity contribution in [3.05, 3.63) is 46.9 Å². The largest absolute Gasteiger partial charge is 0.420 e. The van der Waals surface area contributed by atoms with Gasteiger partial charge < -0.3 is 5.32 Å². The second kappa shape index (κ2) is 5.00. The van der Waals surface area contributed by atoms with Gasteiger partial charge in [0, 0.05) is 5.69 Å². The van der Waals surface area contributed by atoms with Crippen molar-refractivity contribution in [1.29, 1.82) is 0 Å². The minimum atomic E-state index is -4.57. The van der Waals surface area contributed by atoms with Crippen molar-refractivity contribution in [1.82, 2.24) is 10.2 Å². The van der Waals surface area contributed by atoms with Crippen LogP contribution < -0.4 is 5.32 Å². The zero-order valence-corrected chi connectivity index (χ0v) is 9.93. The molecule has 0 aliphatic carbocycles. The van der Waals surface area contributed by atoms with Crippen molar-refractivity contribution in [3.8, 4) is 0 Å². The van der Waals surface area contributed by atoms with E-state index in [0.717, 1.165) is 24.4 Å². The lowest BCUT2D eigenvalue weighted by Gasteiger charge is -2.12. The van der Waals surface area contributed by atoms with Gasteiger partial charge in [-0.05, 0) is 24.3 Å². The number of nitrogens with one attached hydrogen (secondary N) is 1. The highest BCUT2D eigenvalue weighted by molar-refractivity contribution is 6.31. The predicted molar refractivity (Wildman–Crippen MR) is 61.7 cm³/mol. The lowest BCUT2D eigenvalue weighted by molar-refractivity contribution is -0.137. The highest BCUT2D eigenvalue weighted by atomic mass is 35.5. The van der Waals surface area contributed by atoms with E-state index >= 15 is 0 Å². The van der Waals surface area contributed by atoms with Gasteiger partial charge in [0.15, 0.2) is 5.82 Å². The predicted octanol–water partition coefficient (Wildman–Crippen LogP) is 4.03. The van der Waals surface area contributed by atoms with E-state index in [1.165, 1.54) is 6.07 Å². The molecule has 0 unspecified atom stereocenters. The minimum absolute atomic E-state index is 0.178. The average Bonchev–Trinajstić information content (AvgIpc) is 2.33. The number of anilines is 2. The fraction of sp³-hybridized carbons (Fsp3) is 0.0909. The van der Waals surface area contributed by atoms with Gasteiger partial charge in [-0.15, -0.1) is 5.10 Å². The first-order valence-electron chi connectivity index (χ1n) is 4.99. The molecule has 2 aromatic rings. The maximum absolute atomic E-state index is 12.9. The molecule has 0 bridgehead atoms. The van der Waals surface area contributed by atoms with Crippen LogP contribution in [0.1, 0.15) is 5.56 Å². The molecule has 0 saturated heterocycles. The molecule has 0 amide bonds. The van der Waals surface area contributed by atoms with Crippen LogP contribution in [-0.2, 0) is 6.18 Å². The van der Waals surface area contributed by atoms with E-state index in [1.807, 2.05) is 0 Å². The molecule has 1 aromatic carbocycles. The van der Waals surface area contributed by atoms with E-state index in [9.17, 15) is 17.6 Å². The molecule has 8 heteroatoms. The first-order chi connectivity index (χ1) is 8.88. The maximum atomic E-state index is 12.9. The average molecular weight is 292 g/mol. The molecule has 0 fully saturated rings. The zero-order valence-electron chi connectivity index (χ0n) is 9.17. The summed E-state index contributed by atoms with van der Waals surface area (Å²) in [5.41, 5.74) is -0.791. The van der Waals surface area contributed by atoms with Gasteiger partial charge >= 0.3 is 6.18 Å². The Hall–Kier alpha value is -1.89. The Balaban J connectivity index is 2.36. The molecule has 100 valence electrons. The molecule has 2 rings (SSSR count). The standard InChI is InChI=1S/C11H6ClF4N3/c12-8-5-6(1-2-9(8)13)18-10-7(11(14,15)16)3-4-17-19-10/h1-5H,(H,18,19). The molecule has 0 spiro atoms. The fourth-order valence-corrected chi connectivity index (χ4v) is 1.54. The van der Waals surface area contributed by atoms with Crippen LogP contribution in [0.5, 0.6) is 0 Å². The summed E-state index contributed by atoms with van der Waals surface area (Å²) in [6, 6.07) is 4.23. The molecule has 1 heterocycles. The third-order valence-electron chi connectivity index (χ3n) is 2.21. The minimum Gasteiger partial charge on any atom is -0.338 e. The molecule has 19 heavy (non-hydrogen) atoms. The number of nitrogens with zero attached hydrogens (tertiary/aromatic N) is 2. The molecular formula is C11H6ClF4N3. The molecule has 0 atom stereocenters. The van der Waals surface area contributed by atoms with Crippen molar-refractivity contribution in [3.63, 3.8) is 0 Å². The summed E-state index contributed by atoms with van der Waals surface area (Å²) in [6.45, 7) is 0. The Morgan fingerprint density at radius 1 is 1.16 bits per heavy atom. The molecule has 0 radical (unpaired) electrons. The highest BCUT2D eigenvalue weighted by Crippen LogP contribution is 2.34. The fourth-order valence-electron chi connectivity index (χ4n) is 1.36. The van der Waals surface area contributed by atoms with Crippen LogP contribution in [0.3, 0.4) is 0 Å². The van der Waals surface area contributed by atoms with E-state index in [1.54, 1.807) is 0 Å². The summed E-state index contributed by atoms with van der Waals surface area (Å²) in [5.74, 6) is -1.14. The van der Waals surface area contributed by atoms with Crippen LogP contribution in [0.2, 0.25) is 5.02 Å². The van der Waals surface area contributed by atoms with E-state index < -0.39 is 23.4 Å². The first kappa shape index (κ1) is 13.5. The van der Waals surface area contributed by atoms with Gasteiger partial charge in [0.1, 0.15) is 11.4 Å². The summed E-state index contributed by atoms with van der Waals surface area (Å²) in [5, 5.41) is 8.95. The first-order valence-corrected chi connectivity index (χ1v) is 5.36. The van der Waals surface area contributed by atoms with Crippen molar-refractivity contribution < 1.29 is 17.6 Å². The summed E-state index contributed by atoms with van der Waals surface area (Å²) in [7, 11) is 0. The number of aromatic nitrogens is 2. The Morgan fingerprint density at radius 3 is 2.53 bits per heavy atom. The number of rotatable bonds is 2. The lowest BCUT2D eigenvalue weighted by atomic mass is 10.2. The number of halogens is 5. The second-order valence-corrected chi connectivity index (χ2v) is 3.95. The van der Waals surface area contributed by atoms with E-state index in [-0.39, 0.29) is 10.7 Å². The molecule has 0 aliphatic heterocycles. The Bertz CT molecular complexity index is 601. The smallest absolute Gasteiger partial charge is 0.338 e. The topological polar surface area (TPSA) is 37.8 Å². The van der Waals surface area contributed by atoms with Gasteiger partial charge in [0.25, 0.3) is 0 Å². The van der Waals surface area contributed by atoms with Crippen LogP contribution in [0.15, 0.2) is 30.5 Å². The molecule has 0 saturated carbocycles. The number of hydrogen-bond acceptors (Lipinski definition) is 3. The molecule has 0 aliphatic rings. The van der Waals surface area contributed by atoms with Crippen LogP contribution in [-0.4, -0.2) is 10.2 Å². The highest BCUT2D eigenvalue weighted by Gasteiger charge is 2.34. The van der Waals surface area contributed by atoms with Gasteiger partial charge in [0.05, 0.1) is 11.2 Å². The molecule has 3 nitrogen and oxygen atoms in total. The zero-order chi connectivity index (χ0) is 14.0. The summed E-state index contributed by atoms with van der Waals surface area (Å²) in [6.07, 6.45) is -3.63. The summed E-state index contributed by atoms with van der Waals surface area (Å²) in [4.78, 5) is 0. The van der Waals surface area contributed by atoms with E-state index in [0.29, 0.717) is 0 Å². The normalized spacial score (nSPS) is 11.4. The van der Waals surface area contributed by atoms with Gasteiger partial charge in [-0.1, -0.05) is 11.6 Å². The number of benzene rings is 1. The van der Waals surface area contributed by atoms with E-state index in [2.05, 4.69) is 15.5 Å². The van der Waals surface area contributed by atoms with Crippen molar-refractivity contribution in [2.24, 2.45) is 0 Å². The van der Waals surface area contributed by atoms with Crippen LogP contribution in [0, 0.1) is 5.82 Å². The van der Waals surface area contributed by atoms with Gasteiger partial charge in [-0.3, -0.25) is 0 Å². The Morgan fingerprint density at radius 2 is 1.89 bits per heavy atom. The van der Waals surface area contributed by atoms with Crippen molar-refractivity contribution in [2.75, 3.05) is 5.32 Å². The maximum Gasteiger partial charge on any atom is 0.420 e. The van der Waals surface area contributed by atoms with Gasteiger partial charge in [-0.2, -0.15) is 18.3 Å². The van der Waals surface area contributed by atoms with Crippen molar-refractivity contribution >= 4 is 23.1 Å². The van der Waals surface area contributed by atoms with Crippen molar-refractivity contribution in [2.45, 2.75) is 6.18 Å². The quantitative estimate of drug-likeness (QED) is 0.849. The monoisotopic (exact) mass is 291 g/mol. The number of hydrogen-bond donors (Lipinski definition) is 1. The Labute approximate surface area is 110 Å². The number of alkyl halides is 3. The van der Waals surface area contributed by atoms with Gasteiger partial charge in [0.2, 0.25) is 0 Å². The van der Waals surface area contributed by atoms with Crippen LogP contribution in [0.25, 0.3) is 0 Å². The molecule has 1 aromatic heterocycles. The molecular weight excluding hydrogens is 286 g/mol. The summed E-state index contributed by atoms with van der Waals surface area (Å²) >= 11 is 5.54. The third kappa shape index (κ3) is 3.11. The SMILES string of the molecule is Fc1ccc(Nc2nnccc2C(F)(F)F)cc1Cl. The molecule has 1 N–H and O–H groups in total. The Kier molecular flexibility index (Phi) is 3.57.